The van der Waals surface area contributed by atoms with E-state index in [9.17, 15) is 9.18 Å². The molecule has 162 valence electrons. The summed E-state index contributed by atoms with van der Waals surface area (Å²) in [5.41, 5.74) is 1.13. The lowest BCUT2D eigenvalue weighted by Gasteiger charge is -2.36. The van der Waals surface area contributed by atoms with E-state index in [4.69, 9.17) is 9.47 Å². The van der Waals surface area contributed by atoms with Gasteiger partial charge in [-0.15, -0.1) is 5.92 Å². The van der Waals surface area contributed by atoms with Gasteiger partial charge in [0.05, 0.1) is 36.1 Å². The SMILES string of the molecule is CC#Cc1cccc(Nc2ncnc3cc(OC)c(N4CC5(CNC5)OC4=O)cc23)c1F. The van der Waals surface area contributed by atoms with Crippen LogP contribution in [0.2, 0.25) is 0 Å². The zero-order valence-electron chi connectivity index (χ0n) is 17.5. The zero-order chi connectivity index (χ0) is 22.3. The maximum atomic E-state index is 14.9. The summed E-state index contributed by atoms with van der Waals surface area (Å²) in [7, 11) is 1.53. The Labute approximate surface area is 183 Å². The van der Waals surface area contributed by atoms with E-state index in [1.807, 2.05) is 0 Å². The number of methoxy groups -OCH3 is 1. The minimum atomic E-state index is -0.519. The van der Waals surface area contributed by atoms with Gasteiger partial charge in [-0.2, -0.15) is 0 Å². The van der Waals surface area contributed by atoms with E-state index in [1.165, 1.54) is 13.4 Å². The van der Waals surface area contributed by atoms with Gasteiger partial charge >= 0.3 is 6.09 Å². The minimum absolute atomic E-state index is 0.239. The van der Waals surface area contributed by atoms with Crippen molar-refractivity contribution in [3.8, 4) is 17.6 Å². The number of anilines is 3. The maximum Gasteiger partial charge on any atom is 0.415 e. The molecule has 5 rings (SSSR count). The average Bonchev–Trinajstić information content (AvgIpc) is 3.14. The van der Waals surface area contributed by atoms with Crippen molar-refractivity contribution in [1.82, 2.24) is 15.3 Å². The van der Waals surface area contributed by atoms with Gasteiger partial charge in [0.25, 0.3) is 0 Å². The van der Waals surface area contributed by atoms with Crippen molar-refractivity contribution >= 4 is 34.2 Å². The Bertz CT molecular complexity index is 1300. The lowest BCUT2D eigenvalue weighted by molar-refractivity contribution is 0.0142. The fraction of sp³-hybridized carbons (Fsp3) is 0.261. The molecular formula is C23H20FN5O3. The smallest absolute Gasteiger partial charge is 0.415 e. The summed E-state index contributed by atoms with van der Waals surface area (Å²) in [5.74, 6) is 5.86. The van der Waals surface area contributed by atoms with Crippen LogP contribution >= 0.6 is 0 Å². The normalized spacial score (nSPS) is 16.3. The lowest BCUT2D eigenvalue weighted by Crippen LogP contribution is -2.61. The van der Waals surface area contributed by atoms with E-state index in [2.05, 4.69) is 32.4 Å². The standard InChI is InChI=1S/C23H20FN5O3/c1-3-5-14-6-4-7-16(20(14)24)28-21-15-8-18(19(31-2)9-17(15)26-13-27-21)29-12-23(10-25-11-23)32-22(29)30/h4,6-9,13,25H,10-12H2,1-2H3,(H,26,27,28). The van der Waals surface area contributed by atoms with Crippen molar-refractivity contribution in [2.24, 2.45) is 0 Å². The molecule has 3 heterocycles. The van der Waals surface area contributed by atoms with Crippen LogP contribution in [0.15, 0.2) is 36.7 Å². The number of benzene rings is 2. The number of fused-ring (bicyclic) bond motifs is 1. The summed E-state index contributed by atoms with van der Waals surface area (Å²) in [4.78, 5) is 22.8. The minimum Gasteiger partial charge on any atom is -0.494 e. The molecule has 2 aliphatic rings. The van der Waals surface area contributed by atoms with Crippen LogP contribution in [-0.2, 0) is 4.74 Å². The van der Waals surface area contributed by atoms with E-state index >= 15 is 0 Å². The summed E-state index contributed by atoms with van der Waals surface area (Å²) in [6, 6.07) is 8.43. The Morgan fingerprint density at radius 3 is 2.84 bits per heavy atom. The zero-order valence-corrected chi connectivity index (χ0v) is 17.5. The maximum absolute atomic E-state index is 14.9. The first kappa shape index (κ1) is 20.0. The third kappa shape index (κ3) is 3.25. The molecule has 0 atom stereocenters. The summed E-state index contributed by atoms with van der Waals surface area (Å²) in [5, 5.41) is 6.79. The summed E-state index contributed by atoms with van der Waals surface area (Å²) < 4.78 is 26.0. The molecule has 0 saturated carbocycles. The second kappa shape index (κ2) is 7.66. The molecule has 0 unspecified atom stereocenters. The van der Waals surface area contributed by atoms with Crippen LogP contribution in [0.4, 0.5) is 26.4 Å². The third-order valence-electron chi connectivity index (χ3n) is 5.60. The second-order valence-electron chi connectivity index (χ2n) is 7.67. The molecule has 2 fully saturated rings. The fourth-order valence-electron chi connectivity index (χ4n) is 3.93. The largest absolute Gasteiger partial charge is 0.494 e. The Hall–Kier alpha value is -3.90. The molecule has 32 heavy (non-hydrogen) atoms. The first-order valence-corrected chi connectivity index (χ1v) is 10.1. The molecular weight excluding hydrogens is 413 g/mol. The van der Waals surface area contributed by atoms with Gasteiger partial charge in [-0.25, -0.2) is 19.2 Å². The topological polar surface area (TPSA) is 88.6 Å². The number of halogens is 1. The van der Waals surface area contributed by atoms with Crippen LogP contribution in [0, 0.1) is 17.7 Å². The van der Waals surface area contributed by atoms with E-state index in [1.54, 1.807) is 42.2 Å². The van der Waals surface area contributed by atoms with Gasteiger partial charge in [0.15, 0.2) is 11.4 Å². The molecule has 2 aliphatic heterocycles. The number of ether oxygens (including phenoxy) is 2. The highest BCUT2D eigenvalue weighted by molar-refractivity contribution is 6.00. The van der Waals surface area contributed by atoms with Crippen LogP contribution in [0.3, 0.4) is 0 Å². The first-order chi connectivity index (χ1) is 15.5. The number of amides is 1. The van der Waals surface area contributed by atoms with Gasteiger partial charge in [-0.1, -0.05) is 12.0 Å². The van der Waals surface area contributed by atoms with Gasteiger partial charge < -0.3 is 20.1 Å². The molecule has 1 spiro atoms. The van der Waals surface area contributed by atoms with Gasteiger partial charge in [0.1, 0.15) is 17.9 Å². The Morgan fingerprint density at radius 2 is 2.16 bits per heavy atom. The number of nitrogens with one attached hydrogen (secondary N) is 2. The van der Waals surface area contributed by atoms with Gasteiger partial charge in [-0.3, -0.25) is 4.90 Å². The van der Waals surface area contributed by atoms with Crippen LogP contribution < -0.4 is 20.3 Å². The average molecular weight is 433 g/mol. The number of nitrogens with zero attached hydrogens (tertiary/aromatic N) is 3. The van der Waals surface area contributed by atoms with E-state index in [-0.39, 0.29) is 11.3 Å². The second-order valence-corrected chi connectivity index (χ2v) is 7.67. The molecule has 3 aromatic rings. The van der Waals surface area contributed by atoms with Crippen LogP contribution in [0.1, 0.15) is 12.5 Å². The van der Waals surface area contributed by atoms with Crippen molar-refractivity contribution in [2.45, 2.75) is 12.5 Å². The molecule has 0 radical (unpaired) electrons. The van der Waals surface area contributed by atoms with E-state index < -0.39 is 17.5 Å². The molecule has 9 heteroatoms. The summed E-state index contributed by atoms with van der Waals surface area (Å²) >= 11 is 0. The molecule has 8 nitrogen and oxygen atoms in total. The van der Waals surface area contributed by atoms with Crippen LogP contribution in [0.5, 0.6) is 5.75 Å². The molecule has 1 aromatic heterocycles. The van der Waals surface area contributed by atoms with Crippen molar-refractivity contribution in [2.75, 3.05) is 37.0 Å². The lowest BCUT2D eigenvalue weighted by atomic mass is 9.97. The molecule has 1 amide bonds. The molecule has 0 aliphatic carbocycles. The Balaban J connectivity index is 1.58. The number of hydrogen-bond donors (Lipinski definition) is 2. The number of carbonyl (C=O) groups excluding carboxylic acids is 1. The summed E-state index contributed by atoms with van der Waals surface area (Å²) in [6.45, 7) is 3.28. The van der Waals surface area contributed by atoms with Crippen LogP contribution in [0.25, 0.3) is 10.9 Å². The number of carbonyl (C=O) groups is 1. The highest BCUT2D eigenvalue weighted by atomic mass is 19.1. The molecule has 2 aromatic carbocycles. The molecule has 0 bridgehead atoms. The summed E-state index contributed by atoms with van der Waals surface area (Å²) in [6.07, 6.45) is 0.948. The van der Waals surface area contributed by atoms with Crippen molar-refractivity contribution in [3.63, 3.8) is 0 Å². The van der Waals surface area contributed by atoms with E-state index in [0.29, 0.717) is 47.8 Å². The van der Waals surface area contributed by atoms with Gasteiger partial charge in [0.2, 0.25) is 0 Å². The van der Waals surface area contributed by atoms with Crippen LogP contribution in [-0.4, -0.2) is 48.4 Å². The number of rotatable bonds is 4. The fourth-order valence-corrected chi connectivity index (χ4v) is 3.93. The van der Waals surface area contributed by atoms with E-state index in [0.717, 1.165) is 0 Å². The highest BCUT2D eigenvalue weighted by Crippen LogP contribution is 2.39. The molecule has 2 saturated heterocycles. The number of hydrogen-bond acceptors (Lipinski definition) is 7. The van der Waals surface area contributed by atoms with Gasteiger partial charge in [0, 0.05) is 24.5 Å². The highest BCUT2D eigenvalue weighted by Gasteiger charge is 2.50. The predicted octanol–water partition coefficient (Wildman–Crippen LogP) is 3.19. The monoisotopic (exact) mass is 433 g/mol. The first-order valence-electron chi connectivity index (χ1n) is 10.1. The van der Waals surface area contributed by atoms with Crippen molar-refractivity contribution in [1.29, 1.82) is 0 Å². The van der Waals surface area contributed by atoms with Crippen molar-refractivity contribution in [3.05, 3.63) is 48.0 Å². The molecule has 2 N–H and O–H groups in total. The third-order valence-corrected chi connectivity index (χ3v) is 5.60. The van der Waals surface area contributed by atoms with Crippen molar-refractivity contribution < 1.29 is 18.7 Å². The number of aromatic nitrogens is 2. The quantitative estimate of drug-likeness (QED) is 0.611. The Morgan fingerprint density at radius 1 is 1.31 bits per heavy atom. The predicted molar refractivity (Wildman–Crippen MR) is 118 cm³/mol. The van der Waals surface area contributed by atoms with Gasteiger partial charge in [-0.05, 0) is 25.1 Å². The Kier molecular flexibility index (Phi) is 4.79.